The molecule has 1 fully saturated rings. The molecule has 3 aromatic rings. The van der Waals surface area contributed by atoms with E-state index in [2.05, 4.69) is 4.98 Å². The van der Waals surface area contributed by atoms with E-state index in [0.29, 0.717) is 28.8 Å². The van der Waals surface area contributed by atoms with Gasteiger partial charge in [0.1, 0.15) is 5.75 Å². The van der Waals surface area contributed by atoms with E-state index in [0.717, 1.165) is 5.56 Å². The molecule has 0 radical (unpaired) electrons. The highest BCUT2D eigenvalue weighted by atomic mass is 35.5. The van der Waals surface area contributed by atoms with Gasteiger partial charge in [0.2, 0.25) is 0 Å². The summed E-state index contributed by atoms with van der Waals surface area (Å²) in [7, 11) is 1.82. The topological polar surface area (TPSA) is 56.6 Å². The summed E-state index contributed by atoms with van der Waals surface area (Å²) in [5, 5.41) is 2.94. The van der Waals surface area contributed by atoms with Gasteiger partial charge in [-0.15, -0.1) is 0 Å². The molecule has 0 N–H and O–H groups in total. The van der Waals surface area contributed by atoms with Crippen molar-refractivity contribution in [2.45, 2.75) is 24.6 Å². The molecule has 6 nitrogen and oxygen atoms in total. The van der Waals surface area contributed by atoms with Crippen LogP contribution in [-0.2, 0) is 21.7 Å². The number of hydrogen-bond acceptors (Lipinski definition) is 5. The highest BCUT2D eigenvalue weighted by Crippen LogP contribution is 2.41. The molecule has 1 aliphatic heterocycles. The molecular formula is C21H19Cl2N3O3. The van der Waals surface area contributed by atoms with Crippen molar-refractivity contribution >= 4 is 29.2 Å². The molecule has 150 valence electrons. The lowest BCUT2D eigenvalue weighted by Crippen LogP contribution is -2.41. The van der Waals surface area contributed by atoms with Crippen LogP contribution in [0.15, 0.2) is 67.3 Å². The van der Waals surface area contributed by atoms with E-state index in [9.17, 15) is 4.79 Å². The normalized spacial score (nSPS) is 22.0. The number of aromatic nitrogens is 2. The number of carbonyl (C=O) groups is 1. The molecule has 1 aliphatic rings. The van der Waals surface area contributed by atoms with Crippen molar-refractivity contribution in [1.82, 2.24) is 14.6 Å². The van der Waals surface area contributed by atoms with E-state index in [1.165, 1.54) is 0 Å². The van der Waals surface area contributed by atoms with E-state index in [4.69, 9.17) is 32.8 Å². The van der Waals surface area contributed by atoms with Crippen LogP contribution in [0.5, 0.6) is 5.75 Å². The van der Waals surface area contributed by atoms with Gasteiger partial charge in [0.25, 0.3) is 0 Å². The summed E-state index contributed by atoms with van der Waals surface area (Å²) in [6, 6.07) is 14.2. The summed E-state index contributed by atoms with van der Waals surface area (Å²) < 4.78 is 7.46. The van der Waals surface area contributed by atoms with Gasteiger partial charge in [-0.25, -0.2) is 9.78 Å². The van der Waals surface area contributed by atoms with Gasteiger partial charge in [0.15, 0.2) is 6.10 Å². The predicted molar refractivity (Wildman–Crippen MR) is 110 cm³/mol. The van der Waals surface area contributed by atoms with Gasteiger partial charge in [-0.2, -0.15) is 5.06 Å². The number of hydroxylamine groups is 2. The highest BCUT2D eigenvalue weighted by Gasteiger charge is 2.50. The number of carbonyl (C=O) groups excluding carboxylic acids is 1. The number of rotatable bonds is 5. The van der Waals surface area contributed by atoms with Crippen LogP contribution in [0.1, 0.15) is 12.0 Å². The second-order valence-corrected chi connectivity index (χ2v) is 7.82. The molecule has 2 unspecified atom stereocenters. The molecule has 0 spiro atoms. The minimum absolute atomic E-state index is 0.412. The van der Waals surface area contributed by atoms with E-state index in [-0.39, 0.29) is 0 Å². The van der Waals surface area contributed by atoms with Crippen LogP contribution in [0.4, 0.5) is 0 Å². The van der Waals surface area contributed by atoms with Crippen molar-refractivity contribution in [2.24, 2.45) is 0 Å². The van der Waals surface area contributed by atoms with Crippen molar-refractivity contribution in [3.05, 3.63) is 82.9 Å². The lowest BCUT2D eigenvalue weighted by molar-refractivity contribution is -0.188. The monoisotopic (exact) mass is 431 g/mol. The third-order valence-electron chi connectivity index (χ3n) is 5.09. The summed E-state index contributed by atoms with van der Waals surface area (Å²) in [5.41, 5.74) is 0.398. The number of halogens is 2. The third-order valence-corrected chi connectivity index (χ3v) is 5.60. The third kappa shape index (κ3) is 4.16. The van der Waals surface area contributed by atoms with Gasteiger partial charge >= 0.3 is 5.97 Å². The van der Waals surface area contributed by atoms with Gasteiger partial charge in [0, 0.05) is 42.5 Å². The predicted octanol–water partition coefficient (Wildman–Crippen LogP) is 4.33. The molecule has 1 saturated heterocycles. The minimum Gasteiger partial charge on any atom is -0.425 e. The largest absolute Gasteiger partial charge is 0.425 e. The Kier molecular flexibility index (Phi) is 5.61. The number of benzene rings is 2. The second kappa shape index (κ2) is 8.16. The second-order valence-electron chi connectivity index (χ2n) is 6.94. The summed E-state index contributed by atoms with van der Waals surface area (Å²) in [6.07, 6.45) is 5.00. The molecular weight excluding hydrogens is 413 g/mol. The number of imidazole rings is 1. The number of hydrogen-bond donors (Lipinski definition) is 0. The zero-order chi connectivity index (χ0) is 20.4. The maximum Gasteiger partial charge on any atom is 0.342 e. The molecule has 1 aromatic heterocycles. The highest BCUT2D eigenvalue weighted by molar-refractivity contribution is 6.30. The minimum atomic E-state index is -0.755. The van der Waals surface area contributed by atoms with Crippen LogP contribution >= 0.6 is 23.2 Å². The Bertz CT molecular complexity index is 977. The van der Waals surface area contributed by atoms with Crippen molar-refractivity contribution in [1.29, 1.82) is 0 Å². The van der Waals surface area contributed by atoms with Crippen LogP contribution < -0.4 is 4.74 Å². The Labute approximate surface area is 178 Å². The van der Waals surface area contributed by atoms with E-state index >= 15 is 0 Å². The Morgan fingerprint density at radius 3 is 2.45 bits per heavy atom. The van der Waals surface area contributed by atoms with Gasteiger partial charge in [-0.1, -0.05) is 35.3 Å². The maximum atomic E-state index is 12.8. The first-order valence-corrected chi connectivity index (χ1v) is 9.81. The molecule has 0 saturated carbocycles. The molecule has 0 aliphatic carbocycles. The quantitative estimate of drug-likeness (QED) is 0.444. The smallest absolute Gasteiger partial charge is 0.342 e. The average Bonchev–Trinajstić information content (AvgIpc) is 3.33. The molecule has 8 heteroatoms. The van der Waals surface area contributed by atoms with E-state index in [1.807, 2.05) is 42.1 Å². The molecule has 0 bridgehead atoms. The molecule has 29 heavy (non-hydrogen) atoms. The van der Waals surface area contributed by atoms with Crippen LogP contribution in [0, 0.1) is 0 Å². The van der Waals surface area contributed by atoms with E-state index in [1.54, 1.807) is 41.9 Å². The first kappa shape index (κ1) is 19.9. The lowest BCUT2D eigenvalue weighted by Gasteiger charge is -2.34. The average molecular weight is 432 g/mol. The molecule has 0 amide bonds. The van der Waals surface area contributed by atoms with Crippen molar-refractivity contribution in [2.75, 3.05) is 7.05 Å². The molecule has 2 aromatic carbocycles. The lowest BCUT2D eigenvalue weighted by atomic mass is 9.85. The summed E-state index contributed by atoms with van der Waals surface area (Å²) >= 11 is 12.0. The van der Waals surface area contributed by atoms with E-state index < -0.39 is 17.6 Å². The van der Waals surface area contributed by atoms with Gasteiger partial charge in [-0.3, -0.25) is 4.84 Å². The fourth-order valence-corrected chi connectivity index (χ4v) is 3.82. The standard InChI is InChI=1S/C21H19Cl2N3O3/c1-25-21(13-26-11-10-24-14-26,15-2-4-16(22)5-3-15)12-19(29-25)20(27)28-18-8-6-17(23)7-9-18/h2-11,14,19H,12-13H2,1H3. The van der Waals surface area contributed by atoms with Crippen molar-refractivity contribution in [3.63, 3.8) is 0 Å². The fraction of sp³-hybridized carbons (Fsp3) is 0.238. The first-order valence-electron chi connectivity index (χ1n) is 9.06. The summed E-state index contributed by atoms with van der Waals surface area (Å²) in [6.45, 7) is 0.551. The van der Waals surface area contributed by atoms with Crippen LogP contribution in [-0.4, -0.2) is 33.7 Å². The summed E-state index contributed by atoms with van der Waals surface area (Å²) in [5.74, 6) is -0.0371. The van der Waals surface area contributed by atoms with Gasteiger partial charge in [0.05, 0.1) is 11.9 Å². The fourth-order valence-electron chi connectivity index (χ4n) is 3.57. The molecule has 4 rings (SSSR count). The number of nitrogens with zero attached hydrogens (tertiary/aromatic N) is 3. The SMILES string of the molecule is CN1OC(C(=O)Oc2ccc(Cl)cc2)CC1(Cn1ccnc1)c1ccc(Cl)cc1. The Morgan fingerprint density at radius 1 is 1.17 bits per heavy atom. The van der Waals surface area contributed by atoms with Crippen LogP contribution in [0.25, 0.3) is 0 Å². The zero-order valence-corrected chi connectivity index (χ0v) is 17.2. The maximum absolute atomic E-state index is 12.8. The molecule has 2 heterocycles. The Balaban J connectivity index is 1.60. The zero-order valence-electron chi connectivity index (χ0n) is 15.7. The Hall–Kier alpha value is -2.38. The number of esters is 1. The number of likely N-dealkylation sites (N-methyl/N-ethyl adjacent to an activating group) is 1. The van der Waals surface area contributed by atoms with Crippen molar-refractivity contribution < 1.29 is 14.4 Å². The van der Waals surface area contributed by atoms with Gasteiger partial charge in [-0.05, 0) is 42.0 Å². The Morgan fingerprint density at radius 2 is 1.83 bits per heavy atom. The van der Waals surface area contributed by atoms with Crippen LogP contribution in [0.2, 0.25) is 10.0 Å². The van der Waals surface area contributed by atoms with Gasteiger partial charge < -0.3 is 9.30 Å². The first-order chi connectivity index (χ1) is 14.0. The number of ether oxygens (including phenoxy) is 1. The summed E-state index contributed by atoms with van der Waals surface area (Å²) in [4.78, 5) is 22.8. The molecule has 2 atom stereocenters. The van der Waals surface area contributed by atoms with Crippen molar-refractivity contribution in [3.8, 4) is 5.75 Å². The van der Waals surface area contributed by atoms with Crippen LogP contribution in [0.3, 0.4) is 0 Å².